The van der Waals surface area contributed by atoms with Crippen molar-refractivity contribution in [2.24, 2.45) is 0 Å². The Morgan fingerprint density at radius 3 is 2.64 bits per heavy atom. The zero-order chi connectivity index (χ0) is 25.9. The van der Waals surface area contributed by atoms with Gasteiger partial charge in [-0.05, 0) is 50.3 Å². The van der Waals surface area contributed by atoms with Gasteiger partial charge in [-0.1, -0.05) is 13.3 Å². The maximum absolute atomic E-state index is 13.2. The lowest BCUT2D eigenvalue weighted by Gasteiger charge is -2.15. The smallest absolute Gasteiger partial charge is 0.271 e. The van der Waals surface area contributed by atoms with Crippen LogP contribution >= 0.6 is 11.3 Å². The van der Waals surface area contributed by atoms with Crippen molar-refractivity contribution >= 4 is 27.3 Å². The summed E-state index contributed by atoms with van der Waals surface area (Å²) in [5, 5.41) is 0.473. The van der Waals surface area contributed by atoms with Crippen LogP contribution in [-0.4, -0.2) is 43.8 Å². The number of nitrogens with zero attached hydrogens (tertiary/aromatic N) is 1. The maximum atomic E-state index is 13.2. The minimum atomic E-state index is -3.88. The minimum absolute atomic E-state index is 0.262. The lowest BCUT2D eigenvalue weighted by molar-refractivity contribution is 0.0981. The number of thiazole rings is 1. The van der Waals surface area contributed by atoms with Gasteiger partial charge in [-0.2, -0.15) is 0 Å². The summed E-state index contributed by atoms with van der Waals surface area (Å²) in [6.45, 7) is 4.92. The highest BCUT2D eigenvalue weighted by atomic mass is 32.2. The van der Waals surface area contributed by atoms with Gasteiger partial charge >= 0.3 is 0 Å². The van der Waals surface area contributed by atoms with Gasteiger partial charge in [-0.15, -0.1) is 11.3 Å². The van der Waals surface area contributed by atoms with Crippen molar-refractivity contribution in [2.75, 3.05) is 19.5 Å². The maximum Gasteiger partial charge on any atom is 0.271 e. The summed E-state index contributed by atoms with van der Waals surface area (Å²) in [6, 6.07) is 6.99. The van der Waals surface area contributed by atoms with Gasteiger partial charge in [0.1, 0.15) is 22.1 Å². The average molecular weight is 532 g/mol. The second kappa shape index (κ2) is 10.8. The second-order valence-electron chi connectivity index (χ2n) is 8.64. The van der Waals surface area contributed by atoms with E-state index in [0.29, 0.717) is 46.9 Å². The van der Waals surface area contributed by atoms with Crippen LogP contribution in [0.1, 0.15) is 60.7 Å². The van der Waals surface area contributed by atoms with Gasteiger partial charge in [0.2, 0.25) is 10.0 Å². The van der Waals surface area contributed by atoms with Crippen LogP contribution in [0.4, 0.5) is 0 Å². The van der Waals surface area contributed by atoms with Gasteiger partial charge in [0, 0.05) is 28.3 Å². The number of benzene rings is 1. The Morgan fingerprint density at radius 2 is 1.97 bits per heavy atom. The molecule has 2 N–H and O–H groups in total. The first kappa shape index (κ1) is 25.9. The molecule has 192 valence electrons. The van der Waals surface area contributed by atoms with Crippen molar-refractivity contribution in [1.82, 2.24) is 14.7 Å². The molecule has 1 saturated carbocycles. The van der Waals surface area contributed by atoms with Crippen molar-refractivity contribution in [2.45, 2.75) is 45.4 Å². The molecule has 1 aliphatic carbocycles. The fraction of sp³-hybridized carbons (Fsp3) is 0.400. The van der Waals surface area contributed by atoms with Gasteiger partial charge in [0.15, 0.2) is 0 Å². The highest BCUT2D eigenvalue weighted by Gasteiger charge is 2.28. The third-order valence-corrected chi connectivity index (χ3v) is 7.33. The quantitative estimate of drug-likeness (QED) is 0.353. The molecule has 0 atom stereocenters. The first-order valence-electron chi connectivity index (χ1n) is 11.9. The number of aromatic nitrogens is 2. The number of nitrogens with one attached hydrogen (secondary N) is 2. The van der Waals surface area contributed by atoms with Crippen molar-refractivity contribution in [3.63, 3.8) is 0 Å². The SMILES string of the molecule is CCCCOc1ccc(-c2cc(-c3ncc(C4CC4)s3)c(C(=O)NS(C)(=O)=O)c(=O)[nH]2)c(OCC)c1. The van der Waals surface area contributed by atoms with Crippen molar-refractivity contribution < 1.29 is 22.7 Å². The summed E-state index contributed by atoms with van der Waals surface area (Å²) in [7, 11) is -3.88. The number of aromatic amines is 1. The highest BCUT2D eigenvalue weighted by molar-refractivity contribution is 7.89. The number of hydrogen-bond donors (Lipinski definition) is 2. The van der Waals surface area contributed by atoms with E-state index in [-0.39, 0.29) is 11.1 Å². The van der Waals surface area contributed by atoms with Crippen LogP contribution in [0.25, 0.3) is 21.8 Å². The van der Waals surface area contributed by atoms with E-state index in [0.717, 1.165) is 36.8 Å². The van der Waals surface area contributed by atoms with Crippen LogP contribution in [0.15, 0.2) is 35.3 Å². The van der Waals surface area contributed by atoms with Gasteiger partial charge in [-0.25, -0.2) is 18.1 Å². The van der Waals surface area contributed by atoms with E-state index in [4.69, 9.17) is 9.47 Å². The number of rotatable bonds is 11. The van der Waals surface area contributed by atoms with E-state index in [2.05, 4.69) is 16.9 Å². The Balaban J connectivity index is 1.82. The summed E-state index contributed by atoms with van der Waals surface area (Å²) in [5.41, 5.74) is 0.248. The molecule has 2 heterocycles. The monoisotopic (exact) mass is 531 g/mol. The molecule has 4 rings (SSSR count). The van der Waals surface area contributed by atoms with Gasteiger partial charge in [-0.3, -0.25) is 9.59 Å². The van der Waals surface area contributed by atoms with Gasteiger partial charge in [0.05, 0.1) is 25.2 Å². The van der Waals surface area contributed by atoms with E-state index in [1.807, 2.05) is 11.6 Å². The van der Waals surface area contributed by atoms with Crippen LogP contribution in [0.2, 0.25) is 0 Å². The topological polar surface area (TPSA) is 127 Å². The molecule has 0 radical (unpaired) electrons. The van der Waals surface area contributed by atoms with E-state index >= 15 is 0 Å². The first-order valence-corrected chi connectivity index (χ1v) is 14.6. The van der Waals surface area contributed by atoms with Crippen molar-refractivity contribution in [1.29, 1.82) is 0 Å². The van der Waals surface area contributed by atoms with Crippen LogP contribution in [0.3, 0.4) is 0 Å². The molecule has 0 saturated heterocycles. The number of carbonyl (C=O) groups is 1. The molecule has 11 heteroatoms. The molecule has 3 aromatic rings. The molecule has 2 aromatic heterocycles. The first-order chi connectivity index (χ1) is 17.2. The molecule has 1 aliphatic rings. The lowest BCUT2D eigenvalue weighted by atomic mass is 10.0. The van der Waals surface area contributed by atoms with Crippen LogP contribution in [0, 0.1) is 0 Å². The largest absolute Gasteiger partial charge is 0.493 e. The molecule has 0 unspecified atom stereocenters. The fourth-order valence-corrected chi connectivity index (χ4v) is 5.26. The number of unbranched alkanes of at least 4 members (excludes halogenated alkanes) is 1. The Kier molecular flexibility index (Phi) is 7.79. The average Bonchev–Trinajstić information content (AvgIpc) is 3.54. The number of carbonyl (C=O) groups excluding carboxylic acids is 1. The Bertz CT molecular complexity index is 1420. The third-order valence-electron chi connectivity index (χ3n) is 5.58. The zero-order valence-corrected chi connectivity index (χ0v) is 22.1. The van der Waals surface area contributed by atoms with E-state index in [9.17, 15) is 18.0 Å². The van der Waals surface area contributed by atoms with Crippen LogP contribution in [0.5, 0.6) is 11.5 Å². The van der Waals surface area contributed by atoms with Crippen molar-refractivity contribution in [3.8, 4) is 33.3 Å². The number of H-pyrrole nitrogens is 1. The number of sulfonamides is 1. The standard InChI is InChI=1S/C25H29N3O6S2/c1-4-6-11-34-16-9-10-17(20(12-16)33-5-2)19-13-18(25-26-14-21(35-25)15-7-8-15)22(23(29)27-19)24(30)28-36(3,31)32/h9-10,12-15H,4-8,11H2,1-3H3,(H,27,29)(H,28,30). The molecule has 0 aliphatic heterocycles. The van der Waals surface area contributed by atoms with E-state index in [1.165, 1.54) is 11.3 Å². The molecule has 1 amide bonds. The fourth-order valence-electron chi connectivity index (χ4n) is 3.71. The lowest BCUT2D eigenvalue weighted by Crippen LogP contribution is -2.34. The second-order valence-corrected chi connectivity index (χ2v) is 11.4. The molecular weight excluding hydrogens is 502 g/mol. The molecule has 0 spiro atoms. The summed E-state index contributed by atoms with van der Waals surface area (Å²) in [5.74, 6) is 0.597. The number of ether oxygens (including phenoxy) is 2. The molecule has 0 bridgehead atoms. The van der Waals surface area contributed by atoms with Crippen LogP contribution < -0.4 is 19.8 Å². The summed E-state index contributed by atoms with van der Waals surface area (Å²) >= 11 is 1.40. The molecule has 1 fully saturated rings. The normalized spacial score (nSPS) is 13.4. The van der Waals surface area contributed by atoms with Gasteiger partial charge in [0.25, 0.3) is 11.5 Å². The molecular formula is C25H29N3O6S2. The molecule has 1 aromatic carbocycles. The Morgan fingerprint density at radius 1 is 1.19 bits per heavy atom. The van der Waals surface area contributed by atoms with Crippen LogP contribution in [-0.2, 0) is 10.0 Å². The predicted molar refractivity (Wildman–Crippen MR) is 139 cm³/mol. The minimum Gasteiger partial charge on any atom is -0.493 e. The molecule has 9 nitrogen and oxygen atoms in total. The number of hydrogen-bond acceptors (Lipinski definition) is 8. The Labute approximate surface area is 213 Å². The van der Waals surface area contributed by atoms with Gasteiger partial charge < -0.3 is 14.5 Å². The number of pyridine rings is 1. The zero-order valence-electron chi connectivity index (χ0n) is 20.4. The summed E-state index contributed by atoms with van der Waals surface area (Å²) < 4.78 is 37.0. The number of amides is 1. The summed E-state index contributed by atoms with van der Waals surface area (Å²) in [6.07, 6.45) is 6.71. The highest BCUT2D eigenvalue weighted by Crippen LogP contribution is 2.44. The van der Waals surface area contributed by atoms with E-state index < -0.39 is 21.5 Å². The third kappa shape index (κ3) is 6.14. The molecule has 36 heavy (non-hydrogen) atoms. The predicted octanol–water partition coefficient (Wildman–Crippen LogP) is 4.31. The van der Waals surface area contributed by atoms with Crippen molar-refractivity contribution in [3.05, 3.63) is 51.3 Å². The Hall–Kier alpha value is -3.18. The van der Waals surface area contributed by atoms with E-state index in [1.54, 1.807) is 30.5 Å². The summed E-state index contributed by atoms with van der Waals surface area (Å²) in [4.78, 5) is 34.3.